The highest BCUT2D eigenvalue weighted by molar-refractivity contribution is 7.89. The molecule has 0 N–H and O–H groups in total. The predicted octanol–water partition coefficient (Wildman–Crippen LogP) is 2.12. The maximum absolute atomic E-state index is 12.5. The summed E-state index contributed by atoms with van der Waals surface area (Å²) in [5.41, 5.74) is 1.21. The molecule has 0 radical (unpaired) electrons. The Hall–Kier alpha value is -1.40. The molecule has 0 aliphatic rings. The second kappa shape index (κ2) is 7.04. The SMILES string of the molecule is CCN(C)C(=O)c1cc(S(=O)(=O)N(CC)CC)ccc1C. The maximum atomic E-state index is 12.5. The highest BCUT2D eigenvalue weighted by Crippen LogP contribution is 2.20. The number of hydrogen-bond donors (Lipinski definition) is 0. The second-order valence-electron chi connectivity index (χ2n) is 4.89. The minimum Gasteiger partial charge on any atom is -0.342 e. The molecule has 1 aromatic rings. The Morgan fingerprint density at radius 1 is 1.10 bits per heavy atom. The fourth-order valence-electron chi connectivity index (χ4n) is 2.05. The first-order chi connectivity index (χ1) is 9.79. The first-order valence-corrected chi connectivity index (χ1v) is 8.59. The topological polar surface area (TPSA) is 57.7 Å². The summed E-state index contributed by atoms with van der Waals surface area (Å²) in [6, 6.07) is 4.73. The van der Waals surface area contributed by atoms with Crippen LogP contribution < -0.4 is 0 Å². The number of sulfonamides is 1. The molecule has 0 fully saturated rings. The fraction of sp³-hybridized carbons (Fsp3) is 0.533. The summed E-state index contributed by atoms with van der Waals surface area (Å²) in [4.78, 5) is 14.0. The van der Waals surface area contributed by atoms with E-state index in [9.17, 15) is 13.2 Å². The molecule has 1 amide bonds. The maximum Gasteiger partial charge on any atom is 0.253 e. The largest absolute Gasteiger partial charge is 0.342 e. The van der Waals surface area contributed by atoms with Crippen molar-refractivity contribution >= 4 is 15.9 Å². The molecular weight excluding hydrogens is 288 g/mol. The van der Waals surface area contributed by atoms with Gasteiger partial charge in [-0.1, -0.05) is 19.9 Å². The molecule has 0 heterocycles. The van der Waals surface area contributed by atoms with Crippen molar-refractivity contribution in [3.05, 3.63) is 29.3 Å². The zero-order valence-electron chi connectivity index (χ0n) is 13.4. The number of hydrogen-bond acceptors (Lipinski definition) is 3. The summed E-state index contributed by atoms with van der Waals surface area (Å²) >= 11 is 0. The highest BCUT2D eigenvalue weighted by Gasteiger charge is 2.24. The Balaban J connectivity index is 3.33. The molecule has 5 nitrogen and oxygen atoms in total. The van der Waals surface area contributed by atoms with Crippen LogP contribution in [0, 0.1) is 6.92 Å². The number of aryl methyl sites for hydroxylation is 1. The highest BCUT2D eigenvalue weighted by atomic mass is 32.2. The van der Waals surface area contributed by atoms with E-state index in [1.165, 1.54) is 10.4 Å². The zero-order valence-corrected chi connectivity index (χ0v) is 14.2. The van der Waals surface area contributed by atoms with Gasteiger partial charge in [-0.2, -0.15) is 4.31 Å². The lowest BCUT2D eigenvalue weighted by molar-refractivity contribution is 0.0801. The summed E-state index contributed by atoms with van der Waals surface area (Å²) < 4.78 is 26.4. The number of benzene rings is 1. The standard InChI is InChI=1S/C15H24N2O3S/c1-6-16(5)15(18)14-11-13(10-9-12(14)4)21(19,20)17(7-2)8-3/h9-11H,6-8H2,1-5H3. The van der Waals surface area contributed by atoms with E-state index in [1.807, 2.05) is 13.8 Å². The van der Waals surface area contributed by atoms with Gasteiger partial charge in [-0.25, -0.2) is 8.42 Å². The number of carbonyl (C=O) groups is 1. The van der Waals surface area contributed by atoms with Crippen molar-refractivity contribution in [1.82, 2.24) is 9.21 Å². The lowest BCUT2D eigenvalue weighted by Crippen LogP contribution is -2.31. The quantitative estimate of drug-likeness (QED) is 0.808. The van der Waals surface area contributed by atoms with E-state index in [-0.39, 0.29) is 10.8 Å². The summed E-state index contributed by atoms with van der Waals surface area (Å²) in [7, 11) is -1.84. The molecule has 1 aromatic carbocycles. The molecule has 0 aliphatic heterocycles. The van der Waals surface area contributed by atoms with Gasteiger partial charge in [0.2, 0.25) is 10.0 Å². The minimum atomic E-state index is -3.54. The van der Waals surface area contributed by atoms with Gasteiger partial charge in [0.1, 0.15) is 0 Å². The molecule has 6 heteroatoms. The van der Waals surface area contributed by atoms with Crippen LogP contribution in [0.3, 0.4) is 0 Å². The van der Waals surface area contributed by atoms with Crippen LogP contribution in [0.5, 0.6) is 0 Å². The van der Waals surface area contributed by atoms with E-state index in [0.717, 1.165) is 5.56 Å². The van der Waals surface area contributed by atoms with Crippen LogP contribution in [-0.4, -0.2) is 50.2 Å². The number of rotatable bonds is 6. The van der Waals surface area contributed by atoms with E-state index in [4.69, 9.17) is 0 Å². The monoisotopic (exact) mass is 312 g/mol. The van der Waals surface area contributed by atoms with E-state index < -0.39 is 10.0 Å². The second-order valence-corrected chi connectivity index (χ2v) is 6.82. The Morgan fingerprint density at radius 3 is 2.14 bits per heavy atom. The Bertz CT molecular complexity index is 607. The zero-order chi connectivity index (χ0) is 16.2. The van der Waals surface area contributed by atoms with Crippen molar-refractivity contribution in [2.75, 3.05) is 26.7 Å². The molecule has 0 aliphatic carbocycles. The van der Waals surface area contributed by atoms with Crippen LogP contribution in [0.25, 0.3) is 0 Å². The van der Waals surface area contributed by atoms with Crippen LogP contribution >= 0.6 is 0 Å². The minimum absolute atomic E-state index is 0.161. The molecule has 1 rings (SSSR count). The summed E-state index contributed by atoms with van der Waals surface area (Å²) in [5, 5.41) is 0. The molecule has 118 valence electrons. The Kier molecular flexibility index (Phi) is 5.92. The van der Waals surface area contributed by atoms with Gasteiger partial charge in [0, 0.05) is 32.2 Å². The summed E-state index contributed by atoms with van der Waals surface area (Å²) in [6.45, 7) is 8.67. The average molecular weight is 312 g/mol. The van der Waals surface area contributed by atoms with E-state index >= 15 is 0 Å². The van der Waals surface area contributed by atoms with Crippen LogP contribution in [0.2, 0.25) is 0 Å². The smallest absolute Gasteiger partial charge is 0.253 e. The van der Waals surface area contributed by atoms with E-state index in [0.29, 0.717) is 25.2 Å². The normalized spacial score (nSPS) is 11.7. The van der Waals surface area contributed by atoms with E-state index in [1.54, 1.807) is 37.9 Å². The third-order valence-electron chi connectivity index (χ3n) is 3.60. The van der Waals surface area contributed by atoms with Crippen molar-refractivity contribution in [3.8, 4) is 0 Å². The van der Waals surface area contributed by atoms with Crippen LogP contribution in [0.1, 0.15) is 36.7 Å². The van der Waals surface area contributed by atoms with Gasteiger partial charge in [-0.15, -0.1) is 0 Å². The van der Waals surface area contributed by atoms with Crippen molar-refractivity contribution in [3.63, 3.8) is 0 Å². The molecule has 0 unspecified atom stereocenters. The molecule has 0 aromatic heterocycles. The fourth-order valence-corrected chi connectivity index (χ4v) is 3.54. The van der Waals surface area contributed by atoms with E-state index in [2.05, 4.69) is 0 Å². The van der Waals surface area contributed by atoms with Crippen LogP contribution in [0.4, 0.5) is 0 Å². The van der Waals surface area contributed by atoms with Gasteiger partial charge < -0.3 is 4.90 Å². The molecule has 0 saturated heterocycles. The lowest BCUT2D eigenvalue weighted by Gasteiger charge is -2.20. The summed E-state index contributed by atoms with van der Waals surface area (Å²) in [6.07, 6.45) is 0. The number of amides is 1. The van der Waals surface area contributed by atoms with Crippen LogP contribution in [-0.2, 0) is 10.0 Å². The summed E-state index contributed by atoms with van der Waals surface area (Å²) in [5.74, 6) is -0.161. The molecule has 0 spiro atoms. The molecule has 0 atom stereocenters. The molecule has 21 heavy (non-hydrogen) atoms. The first-order valence-electron chi connectivity index (χ1n) is 7.15. The third-order valence-corrected chi connectivity index (χ3v) is 5.65. The Morgan fingerprint density at radius 2 is 1.67 bits per heavy atom. The van der Waals surface area contributed by atoms with Gasteiger partial charge in [0.15, 0.2) is 0 Å². The van der Waals surface area contributed by atoms with Crippen molar-refractivity contribution in [2.45, 2.75) is 32.6 Å². The Labute approximate surface area is 127 Å². The number of nitrogens with zero attached hydrogens (tertiary/aromatic N) is 2. The van der Waals surface area contributed by atoms with Gasteiger partial charge in [-0.3, -0.25) is 4.79 Å². The van der Waals surface area contributed by atoms with Gasteiger partial charge in [-0.05, 0) is 31.5 Å². The molecule has 0 bridgehead atoms. The average Bonchev–Trinajstić information content (AvgIpc) is 2.46. The third kappa shape index (κ3) is 3.63. The van der Waals surface area contributed by atoms with Crippen molar-refractivity contribution < 1.29 is 13.2 Å². The van der Waals surface area contributed by atoms with Crippen molar-refractivity contribution in [1.29, 1.82) is 0 Å². The van der Waals surface area contributed by atoms with Gasteiger partial charge in [0.05, 0.1) is 4.90 Å². The van der Waals surface area contributed by atoms with Gasteiger partial charge >= 0.3 is 0 Å². The number of carbonyl (C=O) groups excluding carboxylic acids is 1. The van der Waals surface area contributed by atoms with Gasteiger partial charge in [0.25, 0.3) is 5.91 Å². The first kappa shape index (κ1) is 17.7. The van der Waals surface area contributed by atoms with Crippen LogP contribution in [0.15, 0.2) is 23.1 Å². The van der Waals surface area contributed by atoms with Crippen molar-refractivity contribution in [2.24, 2.45) is 0 Å². The predicted molar refractivity (Wildman–Crippen MR) is 83.9 cm³/mol. The lowest BCUT2D eigenvalue weighted by atomic mass is 10.1. The molecule has 0 saturated carbocycles. The molecular formula is C15H24N2O3S.